The Morgan fingerprint density at radius 2 is 1.94 bits per heavy atom. The fraction of sp³-hybridized carbons (Fsp3) is 0.273. The van der Waals surface area contributed by atoms with Crippen molar-refractivity contribution in [2.75, 3.05) is 7.11 Å². The quantitative estimate of drug-likeness (QED) is 0.798. The molecule has 0 saturated heterocycles. The van der Waals surface area contributed by atoms with Gasteiger partial charge in [0.15, 0.2) is 0 Å². The topological polar surface area (TPSA) is 56.8 Å². The molecule has 0 heterocycles. The van der Waals surface area contributed by atoms with Crippen LogP contribution in [0.25, 0.3) is 0 Å². The highest BCUT2D eigenvalue weighted by atomic mass is 19.4. The van der Waals surface area contributed by atoms with Crippen molar-refractivity contribution in [1.29, 1.82) is 10.5 Å². The van der Waals surface area contributed by atoms with Crippen molar-refractivity contribution in [1.82, 2.24) is 0 Å². The molecule has 0 radical (unpaired) electrons. The van der Waals surface area contributed by atoms with Crippen molar-refractivity contribution in [2.45, 2.75) is 12.6 Å². The molecule has 0 amide bonds. The molecular formula is C11H7F3N2O. The van der Waals surface area contributed by atoms with Crippen molar-refractivity contribution in [3.8, 4) is 17.9 Å². The molecule has 17 heavy (non-hydrogen) atoms. The van der Waals surface area contributed by atoms with E-state index in [2.05, 4.69) is 0 Å². The van der Waals surface area contributed by atoms with E-state index in [0.29, 0.717) is 6.07 Å². The Kier molecular flexibility index (Phi) is 3.59. The van der Waals surface area contributed by atoms with E-state index in [9.17, 15) is 13.2 Å². The lowest BCUT2D eigenvalue weighted by Gasteiger charge is -2.12. The largest absolute Gasteiger partial charge is 0.495 e. The van der Waals surface area contributed by atoms with Gasteiger partial charge in [-0.05, 0) is 12.1 Å². The molecule has 0 unspecified atom stereocenters. The van der Waals surface area contributed by atoms with E-state index in [1.54, 1.807) is 12.1 Å². The first kappa shape index (κ1) is 12.9. The second kappa shape index (κ2) is 4.75. The number of methoxy groups -OCH3 is 1. The molecule has 0 fully saturated rings. The molecule has 0 aliphatic carbocycles. The Balaban J connectivity index is 3.48. The Bertz CT molecular complexity index is 509. The summed E-state index contributed by atoms with van der Waals surface area (Å²) >= 11 is 0. The number of nitrogens with zero attached hydrogens (tertiary/aromatic N) is 2. The first-order valence-corrected chi connectivity index (χ1v) is 4.49. The Morgan fingerprint density at radius 1 is 1.29 bits per heavy atom. The lowest BCUT2D eigenvalue weighted by Crippen LogP contribution is -2.07. The molecule has 1 aromatic rings. The number of alkyl halides is 3. The van der Waals surface area contributed by atoms with Gasteiger partial charge in [0.2, 0.25) is 0 Å². The van der Waals surface area contributed by atoms with Crippen LogP contribution < -0.4 is 4.74 Å². The molecule has 0 N–H and O–H groups in total. The molecule has 0 aliphatic heterocycles. The van der Waals surface area contributed by atoms with E-state index in [1.807, 2.05) is 0 Å². The molecule has 0 atom stereocenters. The SMILES string of the molecule is COc1c(C#N)cc(C(F)(F)F)cc1CC#N. The maximum Gasteiger partial charge on any atom is 0.416 e. The van der Waals surface area contributed by atoms with E-state index < -0.39 is 11.7 Å². The van der Waals surface area contributed by atoms with Crippen LogP contribution in [0.3, 0.4) is 0 Å². The van der Waals surface area contributed by atoms with Crippen molar-refractivity contribution < 1.29 is 17.9 Å². The van der Waals surface area contributed by atoms with Crippen molar-refractivity contribution >= 4 is 0 Å². The van der Waals surface area contributed by atoms with Gasteiger partial charge in [-0.3, -0.25) is 0 Å². The Labute approximate surface area is 95.7 Å². The van der Waals surface area contributed by atoms with Crippen LogP contribution >= 0.6 is 0 Å². The Morgan fingerprint density at radius 3 is 2.35 bits per heavy atom. The fourth-order valence-corrected chi connectivity index (χ4v) is 1.39. The number of benzene rings is 1. The highest BCUT2D eigenvalue weighted by Crippen LogP contribution is 2.35. The third kappa shape index (κ3) is 2.67. The van der Waals surface area contributed by atoms with Gasteiger partial charge in [-0.2, -0.15) is 23.7 Å². The molecule has 88 valence electrons. The number of halogens is 3. The van der Waals surface area contributed by atoms with Crippen molar-refractivity contribution in [3.05, 3.63) is 28.8 Å². The van der Waals surface area contributed by atoms with Crippen LogP contribution in [0, 0.1) is 22.7 Å². The smallest absolute Gasteiger partial charge is 0.416 e. The normalized spacial score (nSPS) is 10.5. The van der Waals surface area contributed by atoms with Crippen molar-refractivity contribution in [2.24, 2.45) is 0 Å². The average molecular weight is 240 g/mol. The van der Waals surface area contributed by atoms with E-state index in [0.717, 1.165) is 6.07 Å². The third-order valence-electron chi connectivity index (χ3n) is 2.09. The van der Waals surface area contributed by atoms with E-state index >= 15 is 0 Å². The van der Waals surface area contributed by atoms with Gasteiger partial charge in [-0.15, -0.1) is 0 Å². The van der Waals surface area contributed by atoms with E-state index in [-0.39, 0.29) is 23.3 Å². The van der Waals surface area contributed by atoms with Crippen LogP contribution in [0.1, 0.15) is 16.7 Å². The number of hydrogen-bond acceptors (Lipinski definition) is 3. The van der Waals surface area contributed by atoms with Gasteiger partial charge in [0, 0.05) is 5.56 Å². The number of rotatable bonds is 2. The minimum absolute atomic E-state index is 0.0158. The van der Waals surface area contributed by atoms with Gasteiger partial charge in [0.1, 0.15) is 11.8 Å². The molecule has 6 heteroatoms. The molecule has 0 bridgehead atoms. The first-order chi connectivity index (χ1) is 7.93. The highest BCUT2D eigenvalue weighted by molar-refractivity contribution is 5.52. The van der Waals surface area contributed by atoms with Gasteiger partial charge in [0.25, 0.3) is 0 Å². The summed E-state index contributed by atoms with van der Waals surface area (Å²) in [6.45, 7) is 0. The lowest BCUT2D eigenvalue weighted by molar-refractivity contribution is -0.137. The maximum atomic E-state index is 12.5. The molecular weight excluding hydrogens is 233 g/mol. The highest BCUT2D eigenvalue weighted by Gasteiger charge is 2.32. The summed E-state index contributed by atoms with van der Waals surface area (Å²) in [5.41, 5.74) is -1.13. The second-order valence-corrected chi connectivity index (χ2v) is 3.16. The molecule has 1 aromatic carbocycles. The van der Waals surface area contributed by atoms with Gasteiger partial charge in [0.05, 0.1) is 30.7 Å². The van der Waals surface area contributed by atoms with Crippen LogP contribution in [0.2, 0.25) is 0 Å². The predicted molar refractivity (Wildman–Crippen MR) is 52.0 cm³/mol. The Hall–Kier alpha value is -2.21. The zero-order valence-corrected chi connectivity index (χ0v) is 8.80. The van der Waals surface area contributed by atoms with E-state index in [1.165, 1.54) is 7.11 Å². The summed E-state index contributed by atoms with van der Waals surface area (Å²) < 4.78 is 42.4. The summed E-state index contributed by atoms with van der Waals surface area (Å²) in [6, 6.07) is 4.89. The molecule has 0 aliphatic rings. The van der Waals surface area contributed by atoms with E-state index in [4.69, 9.17) is 15.3 Å². The van der Waals surface area contributed by atoms with Gasteiger partial charge in [-0.1, -0.05) is 0 Å². The second-order valence-electron chi connectivity index (χ2n) is 3.16. The minimum atomic E-state index is -4.55. The van der Waals surface area contributed by atoms with Gasteiger partial charge >= 0.3 is 6.18 Å². The van der Waals surface area contributed by atoms with Crippen LogP contribution in [-0.2, 0) is 12.6 Å². The fourth-order valence-electron chi connectivity index (χ4n) is 1.39. The minimum Gasteiger partial charge on any atom is -0.495 e. The van der Waals surface area contributed by atoms with Crippen LogP contribution in [0.15, 0.2) is 12.1 Å². The zero-order chi connectivity index (χ0) is 13.1. The van der Waals surface area contributed by atoms with Crippen LogP contribution in [-0.4, -0.2) is 7.11 Å². The number of ether oxygens (including phenoxy) is 1. The van der Waals surface area contributed by atoms with Gasteiger partial charge < -0.3 is 4.74 Å². The number of nitriles is 2. The molecule has 0 saturated carbocycles. The lowest BCUT2D eigenvalue weighted by atomic mass is 10.0. The van der Waals surface area contributed by atoms with Crippen LogP contribution in [0.4, 0.5) is 13.2 Å². The number of hydrogen-bond donors (Lipinski definition) is 0. The third-order valence-corrected chi connectivity index (χ3v) is 2.09. The summed E-state index contributed by atoms with van der Waals surface area (Å²) in [6.07, 6.45) is -4.80. The maximum absolute atomic E-state index is 12.5. The molecule has 3 nitrogen and oxygen atoms in total. The standard InChI is InChI=1S/C11H7F3N2O/c1-17-10-7(2-3-15)4-9(11(12,13)14)5-8(10)6-16/h4-5H,2H2,1H3. The monoisotopic (exact) mass is 240 g/mol. The van der Waals surface area contributed by atoms with Crippen LogP contribution in [0.5, 0.6) is 5.75 Å². The average Bonchev–Trinajstić information content (AvgIpc) is 2.27. The summed E-state index contributed by atoms with van der Waals surface area (Å²) in [5, 5.41) is 17.3. The molecule has 0 aromatic heterocycles. The summed E-state index contributed by atoms with van der Waals surface area (Å²) in [5.74, 6) is 0.0158. The van der Waals surface area contributed by atoms with Gasteiger partial charge in [-0.25, -0.2) is 0 Å². The molecule has 0 spiro atoms. The van der Waals surface area contributed by atoms with Crippen molar-refractivity contribution in [3.63, 3.8) is 0 Å². The summed E-state index contributed by atoms with van der Waals surface area (Å²) in [7, 11) is 1.24. The summed E-state index contributed by atoms with van der Waals surface area (Å²) in [4.78, 5) is 0. The zero-order valence-electron chi connectivity index (χ0n) is 8.80. The predicted octanol–water partition coefficient (Wildman–Crippen LogP) is 2.65. The molecule has 1 rings (SSSR count). The first-order valence-electron chi connectivity index (χ1n) is 4.49.